The molecule has 1 heterocycles. The monoisotopic (exact) mass is 264 g/mol. The fourth-order valence-corrected chi connectivity index (χ4v) is 3.35. The van der Waals surface area contributed by atoms with Crippen LogP contribution in [0.5, 0.6) is 0 Å². The van der Waals surface area contributed by atoms with Gasteiger partial charge in [0.05, 0.1) is 11.4 Å². The summed E-state index contributed by atoms with van der Waals surface area (Å²) in [4.78, 5) is 2.47. The van der Waals surface area contributed by atoms with E-state index in [1.165, 1.54) is 44.2 Å². The fraction of sp³-hybridized carbons (Fsp3) is 0.800. The van der Waals surface area contributed by atoms with Crippen molar-refractivity contribution in [1.82, 2.24) is 14.7 Å². The SMILES string of the molecule is Cc1cc(CN(C)C2(CN)CCCCCC2)n(C)n1. The van der Waals surface area contributed by atoms with Crippen molar-refractivity contribution in [2.24, 2.45) is 12.8 Å². The Bertz CT molecular complexity index is 402. The van der Waals surface area contributed by atoms with Crippen LogP contribution in [0.2, 0.25) is 0 Å². The van der Waals surface area contributed by atoms with E-state index in [4.69, 9.17) is 5.73 Å². The molecule has 108 valence electrons. The smallest absolute Gasteiger partial charge is 0.0597 e. The van der Waals surface area contributed by atoms with Gasteiger partial charge in [0.1, 0.15) is 0 Å². The Labute approximate surface area is 117 Å². The highest BCUT2D eigenvalue weighted by molar-refractivity contribution is 5.09. The molecule has 0 unspecified atom stereocenters. The maximum Gasteiger partial charge on any atom is 0.0597 e. The molecule has 1 aliphatic rings. The van der Waals surface area contributed by atoms with E-state index >= 15 is 0 Å². The van der Waals surface area contributed by atoms with Crippen molar-refractivity contribution < 1.29 is 0 Å². The van der Waals surface area contributed by atoms with E-state index < -0.39 is 0 Å². The van der Waals surface area contributed by atoms with E-state index in [1.807, 2.05) is 18.7 Å². The van der Waals surface area contributed by atoms with Crippen LogP contribution < -0.4 is 5.73 Å². The lowest BCUT2D eigenvalue weighted by Crippen LogP contribution is -2.51. The Morgan fingerprint density at radius 1 is 1.32 bits per heavy atom. The molecule has 0 bridgehead atoms. The highest BCUT2D eigenvalue weighted by Gasteiger charge is 2.33. The lowest BCUT2D eigenvalue weighted by atomic mass is 9.88. The van der Waals surface area contributed by atoms with Crippen molar-refractivity contribution in [3.63, 3.8) is 0 Å². The summed E-state index contributed by atoms with van der Waals surface area (Å²) in [6, 6.07) is 2.18. The minimum absolute atomic E-state index is 0.189. The van der Waals surface area contributed by atoms with Crippen molar-refractivity contribution in [3.05, 3.63) is 17.5 Å². The average Bonchev–Trinajstić information content (AvgIpc) is 2.59. The summed E-state index contributed by atoms with van der Waals surface area (Å²) in [6.07, 6.45) is 7.81. The fourth-order valence-electron chi connectivity index (χ4n) is 3.35. The molecular formula is C15H28N4. The van der Waals surface area contributed by atoms with Gasteiger partial charge in [-0.25, -0.2) is 0 Å². The van der Waals surface area contributed by atoms with Gasteiger partial charge >= 0.3 is 0 Å². The minimum Gasteiger partial charge on any atom is -0.329 e. The summed E-state index contributed by atoms with van der Waals surface area (Å²) in [5, 5.41) is 4.44. The standard InChI is InChI=1S/C15H28N4/c1-13-10-14(19(3)17-13)11-18(2)15(12-16)8-6-4-5-7-9-15/h10H,4-9,11-12,16H2,1-3H3. The Morgan fingerprint density at radius 3 is 2.42 bits per heavy atom. The summed E-state index contributed by atoms with van der Waals surface area (Å²) in [6.45, 7) is 3.75. The first kappa shape index (κ1) is 14.5. The van der Waals surface area contributed by atoms with Gasteiger partial charge in [0.2, 0.25) is 0 Å². The minimum atomic E-state index is 0.189. The van der Waals surface area contributed by atoms with Crippen molar-refractivity contribution in [1.29, 1.82) is 0 Å². The molecule has 4 heteroatoms. The first-order valence-corrected chi connectivity index (χ1v) is 7.48. The van der Waals surface area contributed by atoms with Crippen molar-refractivity contribution in [3.8, 4) is 0 Å². The second-order valence-electron chi connectivity index (χ2n) is 6.10. The molecule has 1 aromatic rings. The number of hydrogen-bond acceptors (Lipinski definition) is 3. The Kier molecular flexibility index (Phi) is 4.63. The lowest BCUT2D eigenvalue weighted by Gasteiger charge is -2.41. The molecular weight excluding hydrogens is 236 g/mol. The van der Waals surface area contributed by atoms with E-state index in [9.17, 15) is 0 Å². The third-order valence-electron chi connectivity index (χ3n) is 4.72. The largest absolute Gasteiger partial charge is 0.329 e. The van der Waals surface area contributed by atoms with Crippen LogP contribution in [0.4, 0.5) is 0 Å². The molecule has 0 atom stereocenters. The molecule has 1 aliphatic carbocycles. The third kappa shape index (κ3) is 3.18. The number of aryl methyl sites for hydroxylation is 2. The number of rotatable bonds is 4. The summed E-state index contributed by atoms with van der Waals surface area (Å²) in [5.74, 6) is 0. The predicted octanol–water partition coefficient (Wildman–Crippen LogP) is 2.21. The molecule has 1 fully saturated rings. The first-order chi connectivity index (χ1) is 9.07. The number of likely N-dealkylation sites (N-methyl/N-ethyl adjacent to an activating group) is 1. The van der Waals surface area contributed by atoms with E-state index in [0.717, 1.165) is 18.8 Å². The highest BCUT2D eigenvalue weighted by Crippen LogP contribution is 2.31. The average molecular weight is 264 g/mol. The Morgan fingerprint density at radius 2 is 1.95 bits per heavy atom. The van der Waals surface area contributed by atoms with Gasteiger partial charge in [0, 0.05) is 25.7 Å². The molecule has 0 radical (unpaired) electrons. The van der Waals surface area contributed by atoms with Gasteiger partial charge in [-0.05, 0) is 32.9 Å². The van der Waals surface area contributed by atoms with Crippen LogP contribution in [0.3, 0.4) is 0 Å². The van der Waals surface area contributed by atoms with Gasteiger partial charge in [0.15, 0.2) is 0 Å². The normalized spacial score (nSPS) is 19.6. The van der Waals surface area contributed by atoms with Crippen LogP contribution in [0, 0.1) is 6.92 Å². The molecule has 1 saturated carbocycles. The highest BCUT2D eigenvalue weighted by atomic mass is 15.3. The maximum absolute atomic E-state index is 6.14. The van der Waals surface area contributed by atoms with Crippen molar-refractivity contribution >= 4 is 0 Å². The van der Waals surface area contributed by atoms with Crippen LogP contribution in [0.15, 0.2) is 6.07 Å². The molecule has 19 heavy (non-hydrogen) atoms. The summed E-state index contributed by atoms with van der Waals surface area (Å²) < 4.78 is 1.99. The van der Waals surface area contributed by atoms with Crippen LogP contribution in [0.25, 0.3) is 0 Å². The zero-order chi connectivity index (χ0) is 13.9. The molecule has 1 aromatic heterocycles. The van der Waals surface area contributed by atoms with Gasteiger partial charge in [-0.3, -0.25) is 9.58 Å². The molecule has 2 N–H and O–H groups in total. The zero-order valence-electron chi connectivity index (χ0n) is 12.7. The zero-order valence-corrected chi connectivity index (χ0v) is 12.7. The molecule has 0 amide bonds. The number of nitrogens with two attached hydrogens (primary N) is 1. The van der Waals surface area contributed by atoms with E-state index in [1.54, 1.807) is 0 Å². The van der Waals surface area contributed by atoms with Crippen LogP contribution in [-0.4, -0.2) is 33.8 Å². The van der Waals surface area contributed by atoms with Crippen LogP contribution >= 0.6 is 0 Å². The van der Waals surface area contributed by atoms with Crippen LogP contribution in [0.1, 0.15) is 49.9 Å². The van der Waals surface area contributed by atoms with Crippen molar-refractivity contribution in [2.45, 2.75) is 57.5 Å². The molecule has 0 aromatic carbocycles. The van der Waals surface area contributed by atoms with Gasteiger partial charge in [-0.2, -0.15) is 5.10 Å². The van der Waals surface area contributed by atoms with Gasteiger partial charge < -0.3 is 5.73 Å². The molecule has 0 spiro atoms. The topological polar surface area (TPSA) is 47.1 Å². The van der Waals surface area contributed by atoms with E-state index in [2.05, 4.69) is 23.1 Å². The predicted molar refractivity (Wildman–Crippen MR) is 78.9 cm³/mol. The number of hydrogen-bond donors (Lipinski definition) is 1. The summed E-state index contributed by atoms with van der Waals surface area (Å²) >= 11 is 0. The molecule has 2 rings (SSSR count). The van der Waals surface area contributed by atoms with Gasteiger partial charge in [0.25, 0.3) is 0 Å². The maximum atomic E-state index is 6.14. The Hall–Kier alpha value is -0.870. The molecule has 0 saturated heterocycles. The van der Waals surface area contributed by atoms with Crippen LogP contribution in [-0.2, 0) is 13.6 Å². The second-order valence-corrected chi connectivity index (χ2v) is 6.10. The van der Waals surface area contributed by atoms with Gasteiger partial charge in [-0.1, -0.05) is 25.7 Å². The molecule has 4 nitrogen and oxygen atoms in total. The first-order valence-electron chi connectivity index (χ1n) is 7.48. The second kappa shape index (κ2) is 6.06. The summed E-state index contributed by atoms with van der Waals surface area (Å²) in [5.41, 5.74) is 8.70. The number of nitrogens with zero attached hydrogens (tertiary/aromatic N) is 3. The molecule has 0 aliphatic heterocycles. The van der Waals surface area contributed by atoms with E-state index in [0.29, 0.717) is 0 Å². The Balaban J connectivity index is 2.11. The summed E-state index contributed by atoms with van der Waals surface area (Å²) in [7, 11) is 4.25. The lowest BCUT2D eigenvalue weighted by molar-refractivity contribution is 0.0971. The third-order valence-corrected chi connectivity index (χ3v) is 4.72. The quantitative estimate of drug-likeness (QED) is 0.848. The van der Waals surface area contributed by atoms with Crippen molar-refractivity contribution in [2.75, 3.05) is 13.6 Å². The van der Waals surface area contributed by atoms with E-state index in [-0.39, 0.29) is 5.54 Å². The number of aromatic nitrogens is 2. The van der Waals surface area contributed by atoms with Gasteiger partial charge in [-0.15, -0.1) is 0 Å².